The number of fused-ring (bicyclic) bond motifs is 1. The van der Waals surface area contributed by atoms with Gasteiger partial charge in [0.25, 0.3) is 0 Å². The van der Waals surface area contributed by atoms with Crippen LogP contribution < -0.4 is 5.73 Å². The summed E-state index contributed by atoms with van der Waals surface area (Å²) in [5.74, 6) is 0. The fourth-order valence-electron chi connectivity index (χ4n) is 0.756. The van der Waals surface area contributed by atoms with Crippen molar-refractivity contribution in [3.05, 3.63) is 18.3 Å². The molecule has 0 aliphatic rings. The first-order valence-electron chi connectivity index (χ1n) is 2.79. The summed E-state index contributed by atoms with van der Waals surface area (Å²) in [7, 11) is 0. The van der Waals surface area contributed by atoms with Gasteiger partial charge < -0.3 is 5.73 Å². The highest BCUT2D eigenvalue weighted by atomic mass is 15.5. The van der Waals surface area contributed by atoms with E-state index in [1.807, 2.05) is 0 Å². The van der Waals surface area contributed by atoms with Crippen molar-refractivity contribution in [2.75, 3.05) is 5.73 Å². The van der Waals surface area contributed by atoms with Gasteiger partial charge in [-0.1, -0.05) is 0 Å². The van der Waals surface area contributed by atoms with Crippen LogP contribution >= 0.6 is 0 Å². The molecule has 2 heterocycles. The number of nitrogen functional groups attached to an aromatic ring is 1. The SMILES string of the molecule is Nc1ccn2nnnc2c1. The number of hydrogen-bond donors (Lipinski definition) is 1. The van der Waals surface area contributed by atoms with Gasteiger partial charge >= 0.3 is 0 Å². The van der Waals surface area contributed by atoms with Crippen molar-refractivity contribution in [3.8, 4) is 0 Å². The molecular formula is C5H5N5. The van der Waals surface area contributed by atoms with Gasteiger partial charge in [0, 0.05) is 18.0 Å². The Morgan fingerprint density at radius 1 is 1.50 bits per heavy atom. The minimum atomic E-state index is 0.667. The van der Waals surface area contributed by atoms with Crippen LogP contribution in [0.5, 0.6) is 0 Å². The molecule has 5 heteroatoms. The van der Waals surface area contributed by atoms with Crippen molar-refractivity contribution < 1.29 is 0 Å². The summed E-state index contributed by atoms with van der Waals surface area (Å²) >= 11 is 0. The highest BCUT2D eigenvalue weighted by Gasteiger charge is 1.93. The van der Waals surface area contributed by atoms with Gasteiger partial charge in [0.1, 0.15) is 0 Å². The van der Waals surface area contributed by atoms with Crippen LogP contribution in [0.4, 0.5) is 5.69 Å². The largest absolute Gasteiger partial charge is 0.399 e. The van der Waals surface area contributed by atoms with Crippen molar-refractivity contribution in [1.29, 1.82) is 0 Å². The van der Waals surface area contributed by atoms with Crippen LogP contribution in [0.2, 0.25) is 0 Å². The summed E-state index contributed by atoms with van der Waals surface area (Å²) in [6, 6.07) is 3.45. The minimum absolute atomic E-state index is 0.667. The van der Waals surface area contributed by atoms with Crippen LogP contribution in [0.1, 0.15) is 0 Å². The highest BCUT2D eigenvalue weighted by molar-refractivity contribution is 5.49. The molecule has 10 heavy (non-hydrogen) atoms. The smallest absolute Gasteiger partial charge is 0.181 e. The van der Waals surface area contributed by atoms with E-state index in [2.05, 4.69) is 15.5 Å². The van der Waals surface area contributed by atoms with E-state index in [4.69, 9.17) is 5.73 Å². The normalized spacial score (nSPS) is 10.4. The highest BCUT2D eigenvalue weighted by Crippen LogP contribution is 2.02. The fourth-order valence-corrected chi connectivity index (χ4v) is 0.756. The topological polar surface area (TPSA) is 69.1 Å². The quantitative estimate of drug-likeness (QED) is 0.538. The predicted molar refractivity (Wildman–Crippen MR) is 35.2 cm³/mol. The van der Waals surface area contributed by atoms with Crippen LogP contribution in [0.3, 0.4) is 0 Å². The van der Waals surface area contributed by atoms with Gasteiger partial charge in [-0.25, -0.2) is 4.52 Å². The molecule has 2 rings (SSSR count). The molecular weight excluding hydrogens is 130 g/mol. The lowest BCUT2D eigenvalue weighted by Gasteiger charge is -1.89. The Morgan fingerprint density at radius 2 is 2.40 bits per heavy atom. The van der Waals surface area contributed by atoms with E-state index in [1.165, 1.54) is 0 Å². The zero-order valence-electron chi connectivity index (χ0n) is 5.10. The molecule has 0 saturated heterocycles. The average Bonchev–Trinajstić information content (AvgIpc) is 2.33. The first kappa shape index (κ1) is 5.16. The number of nitrogens with two attached hydrogens (primary N) is 1. The number of pyridine rings is 1. The molecule has 0 spiro atoms. The molecule has 0 aliphatic carbocycles. The Balaban J connectivity index is 2.86. The molecule has 2 aromatic rings. The Kier molecular flexibility index (Phi) is 0.858. The van der Waals surface area contributed by atoms with E-state index in [0.29, 0.717) is 11.3 Å². The van der Waals surface area contributed by atoms with Crippen LogP contribution in [-0.4, -0.2) is 20.0 Å². The Hall–Kier alpha value is -1.65. The molecule has 2 N–H and O–H groups in total. The third-order valence-corrected chi connectivity index (χ3v) is 1.22. The van der Waals surface area contributed by atoms with Crippen molar-refractivity contribution in [3.63, 3.8) is 0 Å². The van der Waals surface area contributed by atoms with Gasteiger partial charge in [-0.05, 0) is 16.5 Å². The first-order valence-corrected chi connectivity index (χ1v) is 2.79. The van der Waals surface area contributed by atoms with Crippen molar-refractivity contribution >= 4 is 11.3 Å². The summed E-state index contributed by atoms with van der Waals surface area (Å²) in [5.41, 5.74) is 6.81. The zero-order valence-corrected chi connectivity index (χ0v) is 5.10. The summed E-state index contributed by atoms with van der Waals surface area (Å²) in [5, 5.41) is 10.8. The van der Waals surface area contributed by atoms with Crippen molar-refractivity contribution in [2.24, 2.45) is 0 Å². The number of nitrogens with zero attached hydrogens (tertiary/aromatic N) is 4. The summed E-state index contributed by atoms with van der Waals surface area (Å²) in [6.07, 6.45) is 1.71. The van der Waals surface area contributed by atoms with Gasteiger partial charge in [-0.2, -0.15) is 0 Å². The van der Waals surface area contributed by atoms with Gasteiger partial charge in [0.2, 0.25) is 0 Å². The number of rotatable bonds is 0. The predicted octanol–water partition coefficient (Wildman–Crippen LogP) is -0.294. The number of anilines is 1. The van der Waals surface area contributed by atoms with E-state index < -0.39 is 0 Å². The lowest BCUT2D eigenvalue weighted by atomic mass is 10.4. The molecule has 5 nitrogen and oxygen atoms in total. The fraction of sp³-hybridized carbons (Fsp3) is 0. The molecule has 0 atom stereocenters. The molecule has 0 radical (unpaired) electrons. The molecule has 0 fully saturated rings. The Bertz CT molecular complexity index is 352. The molecule has 0 aliphatic heterocycles. The van der Waals surface area contributed by atoms with Crippen LogP contribution in [0, 0.1) is 0 Å². The maximum absolute atomic E-state index is 5.47. The molecule has 0 aromatic carbocycles. The maximum Gasteiger partial charge on any atom is 0.181 e. The second kappa shape index (κ2) is 1.66. The zero-order chi connectivity index (χ0) is 6.97. The standard InChI is InChI=1S/C5H5N5/c6-4-1-2-10-5(3-4)7-8-9-10/h1-3H,6H2. The second-order valence-corrected chi connectivity index (χ2v) is 1.94. The summed E-state index contributed by atoms with van der Waals surface area (Å²) < 4.78 is 1.55. The lowest BCUT2D eigenvalue weighted by molar-refractivity contribution is 0.823. The molecule has 0 saturated carbocycles. The molecule has 0 amide bonds. The van der Waals surface area contributed by atoms with E-state index in [-0.39, 0.29) is 0 Å². The molecule has 0 unspecified atom stereocenters. The molecule has 0 bridgehead atoms. The number of hydrogen-bond acceptors (Lipinski definition) is 4. The van der Waals surface area contributed by atoms with Crippen LogP contribution in [-0.2, 0) is 0 Å². The van der Waals surface area contributed by atoms with Crippen LogP contribution in [0.15, 0.2) is 18.3 Å². The summed E-state index contributed by atoms with van der Waals surface area (Å²) in [6.45, 7) is 0. The Morgan fingerprint density at radius 3 is 3.30 bits per heavy atom. The average molecular weight is 135 g/mol. The third-order valence-electron chi connectivity index (χ3n) is 1.22. The third kappa shape index (κ3) is 0.604. The second-order valence-electron chi connectivity index (χ2n) is 1.94. The Labute approximate surface area is 56.5 Å². The van der Waals surface area contributed by atoms with Gasteiger partial charge in [-0.15, -0.1) is 5.10 Å². The monoisotopic (exact) mass is 135 g/mol. The maximum atomic E-state index is 5.47. The minimum Gasteiger partial charge on any atom is -0.399 e. The molecule has 50 valence electrons. The number of aromatic nitrogens is 4. The molecule has 2 aromatic heterocycles. The van der Waals surface area contributed by atoms with Gasteiger partial charge in [0.15, 0.2) is 5.65 Å². The van der Waals surface area contributed by atoms with Crippen molar-refractivity contribution in [1.82, 2.24) is 20.0 Å². The lowest BCUT2D eigenvalue weighted by Crippen LogP contribution is -1.89. The van der Waals surface area contributed by atoms with Crippen LogP contribution in [0.25, 0.3) is 5.65 Å². The summed E-state index contributed by atoms with van der Waals surface area (Å²) in [4.78, 5) is 0. The van der Waals surface area contributed by atoms with Gasteiger partial charge in [-0.3, -0.25) is 0 Å². The van der Waals surface area contributed by atoms with E-state index in [1.54, 1.807) is 22.8 Å². The number of tetrazole rings is 1. The van der Waals surface area contributed by atoms with Crippen molar-refractivity contribution in [2.45, 2.75) is 0 Å². The van der Waals surface area contributed by atoms with E-state index in [9.17, 15) is 0 Å². The van der Waals surface area contributed by atoms with E-state index in [0.717, 1.165) is 0 Å². The first-order chi connectivity index (χ1) is 4.86. The van der Waals surface area contributed by atoms with Gasteiger partial charge in [0.05, 0.1) is 0 Å². The van der Waals surface area contributed by atoms with E-state index >= 15 is 0 Å².